The number of aliphatic carboxylic acids is 1. The fourth-order valence-electron chi connectivity index (χ4n) is 1.32. The van der Waals surface area contributed by atoms with Crippen LogP contribution in [0, 0.1) is 0 Å². The van der Waals surface area contributed by atoms with Crippen molar-refractivity contribution < 1.29 is 24.9 Å². The number of rotatable bonds is 10. The second-order valence-corrected chi connectivity index (χ2v) is 4.17. The first kappa shape index (κ1) is 16.8. The molecule has 0 aromatic rings. The summed E-state index contributed by atoms with van der Waals surface area (Å²) in [6.07, 6.45) is 1.41. The van der Waals surface area contributed by atoms with Crippen molar-refractivity contribution in [2.45, 2.75) is 44.2 Å². The molecule has 0 aromatic carbocycles. The standard InChI is InChI=1S/C11H22N2O5/c12-9(11(17)18)4-5-10(16)13-6-2-1-3-8(15)7-14/h8-9,14-15H,1-7,12H2,(H,13,16)(H,17,18). The van der Waals surface area contributed by atoms with Crippen LogP contribution in [0.5, 0.6) is 0 Å². The Labute approximate surface area is 106 Å². The molecule has 7 heteroatoms. The number of carbonyl (C=O) groups is 2. The van der Waals surface area contributed by atoms with Gasteiger partial charge in [-0.15, -0.1) is 0 Å². The van der Waals surface area contributed by atoms with E-state index in [4.69, 9.17) is 21.1 Å². The minimum absolute atomic E-state index is 0.0900. The molecule has 18 heavy (non-hydrogen) atoms. The number of carbonyl (C=O) groups excluding carboxylic acids is 1. The van der Waals surface area contributed by atoms with Crippen LogP contribution >= 0.6 is 0 Å². The molecule has 2 atom stereocenters. The summed E-state index contributed by atoms with van der Waals surface area (Å²) in [6, 6.07) is -1.00. The number of amides is 1. The molecule has 6 N–H and O–H groups in total. The van der Waals surface area contributed by atoms with E-state index < -0.39 is 18.1 Å². The van der Waals surface area contributed by atoms with Gasteiger partial charge in [0.25, 0.3) is 0 Å². The van der Waals surface area contributed by atoms with Crippen LogP contribution in [0.2, 0.25) is 0 Å². The van der Waals surface area contributed by atoms with Gasteiger partial charge in [-0.2, -0.15) is 0 Å². The summed E-state index contributed by atoms with van der Waals surface area (Å²) in [5.41, 5.74) is 5.26. The number of unbranched alkanes of at least 4 members (excludes halogenated alkanes) is 1. The van der Waals surface area contributed by atoms with E-state index in [1.165, 1.54) is 0 Å². The van der Waals surface area contributed by atoms with Gasteiger partial charge in [0.05, 0.1) is 12.7 Å². The average molecular weight is 262 g/mol. The van der Waals surface area contributed by atoms with E-state index in [1.54, 1.807) is 0 Å². The highest BCUT2D eigenvalue weighted by molar-refractivity contribution is 5.78. The topological polar surface area (TPSA) is 133 Å². The van der Waals surface area contributed by atoms with E-state index in [9.17, 15) is 9.59 Å². The molecule has 0 radical (unpaired) electrons. The van der Waals surface area contributed by atoms with Crippen LogP contribution < -0.4 is 11.1 Å². The Balaban J connectivity index is 3.45. The van der Waals surface area contributed by atoms with Crippen molar-refractivity contribution in [2.24, 2.45) is 5.73 Å². The zero-order valence-corrected chi connectivity index (χ0v) is 10.3. The zero-order chi connectivity index (χ0) is 14.0. The molecule has 0 aromatic heterocycles. The SMILES string of the molecule is NC(CCC(=O)NCCCCC(O)CO)C(=O)O. The van der Waals surface area contributed by atoms with Gasteiger partial charge in [-0.25, -0.2) is 0 Å². The van der Waals surface area contributed by atoms with Crippen LogP contribution in [0.25, 0.3) is 0 Å². The summed E-state index contributed by atoms with van der Waals surface area (Å²) in [7, 11) is 0. The number of carboxylic acid groups (broad SMARTS) is 1. The third kappa shape index (κ3) is 8.91. The Bertz CT molecular complexity index is 260. The van der Waals surface area contributed by atoms with E-state index in [0.717, 1.165) is 0 Å². The summed E-state index contributed by atoms with van der Waals surface area (Å²) in [5.74, 6) is -1.34. The third-order valence-corrected chi connectivity index (χ3v) is 2.50. The molecule has 106 valence electrons. The lowest BCUT2D eigenvalue weighted by atomic mass is 10.1. The van der Waals surface area contributed by atoms with Crippen molar-refractivity contribution in [2.75, 3.05) is 13.2 Å². The molecule has 0 aliphatic heterocycles. The van der Waals surface area contributed by atoms with Crippen molar-refractivity contribution in [1.82, 2.24) is 5.32 Å². The normalized spacial score (nSPS) is 13.9. The molecule has 0 saturated heterocycles. The number of nitrogens with one attached hydrogen (secondary N) is 1. The predicted octanol–water partition coefficient (Wildman–Crippen LogP) is -1.18. The highest BCUT2D eigenvalue weighted by Gasteiger charge is 2.13. The first-order valence-electron chi connectivity index (χ1n) is 6.01. The van der Waals surface area contributed by atoms with Crippen LogP contribution in [0.3, 0.4) is 0 Å². The molecule has 0 bridgehead atoms. The van der Waals surface area contributed by atoms with E-state index in [1.807, 2.05) is 0 Å². The maximum atomic E-state index is 11.3. The summed E-state index contributed by atoms with van der Waals surface area (Å²) in [5, 5.41) is 28.8. The smallest absolute Gasteiger partial charge is 0.320 e. The monoisotopic (exact) mass is 262 g/mol. The lowest BCUT2D eigenvalue weighted by molar-refractivity contribution is -0.138. The number of aliphatic hydroxyl groups is 2. The van der Waals surface area contributed by atoms with Crippen LogP contribution in [0.15, 0.2) is 0 Å². The number of carboxylic acids is 1. The van der Waals surface area contributed by atoms with Crippen LogP contribution in [-0.4, -0.2) is 52.5 Å². The molecule has 0 rings (SSSR count). The summed E-state index contributed by atoms with van der Waals surface area (Å²) in [6.45, 7) is 0.221. The molecular weight excluding hydrogens is 240 g/mol. The lowest BCUT2D eigenvalue weighted by Crippen LogP contribution is -2.33. The van der Waals surface area contributed by atoms with Crippen molar-refractivity contribution in [3.63, 3.8) is 0 Å². The van der Waals surface area contributed by atoms with E-state index in [-0.39, 0.29) is 25.4 Å². The lowest BCUT2D eigenvalue weighted by Gasteiger charge is -2.08. The maximum absolute atomic E-state index is 11.3. The fraction of sp³-hybridized carbons (Fsp3) is 0.818. The minimum atomic E-state index is -1.11. The van der Waals surface area contributed by atoms with Gasteiger partial charge in [0.1, 0.15) is 6.04 Å². The van der Waals surface area contributed by atoms with Gasteiger partial charge in [0.2, 0.25) is 5.91 Å². The van der Waals surface area contributed by atoms with Gasteiger partial charge in [0.15, 0.2) is 0 Å². The highest BCUT2D eigenvalue weighted by atomic mass is 16.4. The number of hydrogen-bond donors (Lipinski definition) is 5. The predicted molar refractivity (Wildman–Crippen MR) is 64.8 cm³/mol. The second kappa shape index (κ2) is 9.81. The molecular formula is C11H22N2O5. The molecule has 0 aliphatic rings. The second-order valence-electron chi connectivity index (χ2n) is 4.17. The van der Waals surface area contributed by atoms with Crippen LogP contribution in [-0.2, 0) is 9.59 Å². The summed E-state index contributed by atoms with van der Waals surface area (Å²) < 4.78 is 0. The molecule has 2 unspecified atom stereocenters. The highest BCUT2D eigenvalue weighted by Crippen LogP contribution is 2.00. The Morgan fingerprint density at radius 1 is 1.22 bits per heavy atom. The quantitative estimate of drug-likeness (QED) is 0.315. The largest absolute Gasteiger partial charge is 0.480 e. The van der Waals surface area contributed by atoms with E-state index in [2.05, 4.69) is 5.32 Å². The molecule has 0 fully saturated rings. The minimum Gasteiger partial charge on any atom is -0.480 e. The Kier molecular flexibility index (Phi) is 9.17. The zero-order valence-electron chi connectivity index (χ0n) is 10.3. The molecule has 0 spiro atoms. The molecule has 0 heterocycles. The van der Waals surface area contributed by atoms with E-state index in [0.29, 0.717) is 25.8 Å². The molecule has 0 saturated carbocycles. The van der Waals surface area contributed by atoms with Crippen LogP contribution in [0.4, 0.5) is 0 Å². The number of hydrogen-bond acceptors (Lipinski definition) is 5. The van der Waals surface area contributed by atoms with Gasteiger partial charge in [0, 0.05) is 13.0 Å². The Morgan fingerprint density at radius 3 is 2.44 bits per heavy atom. The van der Waals surface area contributed by atoms with Crippen molar-refractivity contribution in [3.05, 3.63) is 0 Å². The maximum Gasteiger partial charge on any atom is 0.320 e. The van der Waals surface area contributed by atoms with Crippen LogP contribution in [0.1, 0.15) is 32.1 Å². The van der Waals surface area contributed by atoms with Gasteiger partial charge in [-0.05, 0) is 25.7 Å². The van der Waals surface area contributed by atoms with Gasteiger partial charge >= 0.3 is 5.97 Å². The van der Waals surface area contributed by atoms with Gasteiger partial charge in [-0.3, -0.25) is 9.59 Å². The summed E-state index contributed by atoms with van der Waals surface area (Å²) >= 11 is 0. The average Bonchev–Trinajstić information content (AvgIpc) is 2.34. The van der Waals surface area contributed by atoms with Crippen molar-refractivity contribution in [3.8, 4) is 0 Å². The number of nitrogens with two attached hydrogens (primary N) is 1. The first-order valence-corrected chi connectivity index (χ1v) is 6.01. The molecule has 7 nitrogen and oxygen atoms in total. The van der Waals surface area contributed by atoms with Crippen molar-refractivity contribution >= 4 is 11.9 Å². The molecule has 0 aliphatic carbocycles. The third-order valence-electron chi connectivity index (χ3n) is 2.50. The molecule has 1 amide bonds. The van der Waals surface area contributed by atoms with Crippen molar-refractivity contribution in [1.29, 1.82) is 0 Å². The number of aliphatic hydroxyl groups excluding tert-OH is 2. The van der Waals surface area contributed by atoms with Gasteiger partial charge < -0.3 is 26.4 Å². The van der Waals surface area contributed by atoms with Gasteiger partial charge in [-0.1, -0.05) is 0 Å². The Morgan fingerprint density at radius 2 is 1.89 bits per heavy atom. The first-order chi connectivity index (χ1) is 8.47. The fourth-order valence-corrected chi connectivity index (χ4v) is 1.32. The Hall–Kier alpha value is -1.18. The van der Waals surface area contributed by atoms with E-state index >= 15 is 0 Å². The summed E-state index contributed by atoms with van der Waals surface area (Å²) in [4.78, 5) is 21.7.